The maximum absolute atomic E-state index is 12.3. The Bertz CT molecular complexity index is 1220. The number of fused-ring (bicyclic) bond motifs is 3. The highest BCUT2D eigenvalue weighted by Gasteiger charge is 2.19. The zero-order chi connectivity index (χ0) is 20.0. The summed E-state index contributed by atoms with van der Waals surface area (Å²) in [6.07, 6.45) is 6.02. The molecule has 1 aromatic carbocycles. The maximum atomic E-state index is 12.3. The maximum Gasteiger partial charge on any atom is 0.233 e. The number of likely N-dealkylation sites (tertiary alicyclic amines) is 1. The van der Waals surface area contributed by atoms with E-state index in [1.54, 1.807) is 0 Å². The molecule has 148 valence electrons. The predicted octanol–water partition coefficient (Wildman–Crippen LogP) is 3.38. The van der Waals surface area contributed by atoms with Crippen LogP contribution in [0, 0.1) is 13.8 Å². The molecule has 8 heteroatoms. The summed E-state index contributed by atoms with van der Waals surface area (Å²) >= 11 is 1.44. The zero-order valence-electron chi connectivity index (χ0n) is 16.5. The molecule has 29 heavy (non-hydrogen) atoms. The molecule has 0 spiro atoms. The first-order chi connectivity index (χ1) is 14.1. The molecule has 1 amide bonds. The largest absolute Gasteiger partial charge is 0.342 e. The lowest BCUT2D eigenvalue weighted by molar-refractivity contribution is -0.127. The molecule has 0 radical (unpaired) electrons. The van der Waals surface area contributed by atoms with Crippen LogP contribution in [-0.2, 0) is 4.79 Å². The van der Waals surface area contributed by atoms with E-state index in [4.69, 9.17) is 5.10 Å². The summed E-state index contributed by atoms with van der Waals surface area (Å²) in [6, 6.07) is 8.44. The Balaban J connectivity index is 1.47. The van der Waals surface area contributed by atoms with E-state index in [2.05, 4.69) is 48.3 Å². The number of aryl methyl sites for hydroxylation is 2. The Labute approximate surface area is 172 Å². The molecule has 4 heterocycles. The van der Waals surface area contributed by atoms with E-state index in [0.717, 1.165) is 53.5 Å². The number of carbonyl (C=O) groups is 1. The van der Waals surface area contributed by atoms with Gasteiger partial charge in [0, 0.05) is 31.0 Å². The number of aromatic nitrogens is 5. The summed E-state index contributed by atoms with van der Waals surface area (Å²) in [5.74, 6) is 0.561. The number of nitrogens with zero attached hydrogens (tertiary/aromatic N) is 6. The molecular formula is C21H22N6OS. The molecule has 5 rings (SSSR count). The summed E-state index contributed by atoms with van der Waals surface area (Å²) in [5, 5.41) is 14.2. The molecule has 0 aliphatic carbocycles. The van der Waals surface area contributed by atoms with E-state index in [9.17, 15) is 4.79 Å². The van der Waals surface area contributed by atoms with Crippen LogP contribution in [0.1, 0.15) is 24.0 Å². The molecule has 1 saturated heterocycles. The van der Waals surface area contributed by atoms with Gasteiger partial charge in [-0.25, -0.2) is 4.52 Å². The summed E-state index contributed by atoms with van der Waals surface area (Å²) in [4.78, 5) is 14.3. The number of benzene rings is 1. The first-order valence-corrected chi connectivity index (χ1v) is 10.8. The van der Waals surface area contributed by atoms with Gasteiger partial charge in [0.25, 0.3) is 0 Å². The molecular weight excluding hydrogens is 384 g/mol. The van der Waals surface area contributed by atoms with Gasteiger partial charge < -0.3 is 4.90 Å². The van der Waals surface area contributed by atoms with Gasteiger partial charge in [-0.1, -0.05) is 29.5 Å². The lowest BCUT2D eigenvalue weighted by Gasteiger charge is -2.14. The van der Waals surface area contributed by atoms with Crippen molar-refractivity contribution in [3.05, 3.63) is 47.8 Å². The smallest absolute Gasteiger partial charge is 0.233 e. The molecule has 1 aliphatic rings. The van der Waals surface area contributed by atoms with Crippen LogP contribution in [0.15, 0.2) is 41.8 Å². The van der Waals surface area contributed by atoms with Gasteiger partial charge in [-0.3, -0.25) is 9.20 Å². The van der Waals surface area contributed by atoms with Crippen molar-refractivity contribution in [2.45, 2.75) is 31.8 Å². The Kier molecular flexibility index (Phi) is 4.50. The van der Waals surface area contributed by atoms with Gasteiger partial charge in [0.05, 0.1) is 11.4 Å². The third-order valence-corrected chi connectivity index (χ3v) is 6.37. The highest BCUT2D eigenvalue weighted by atomic mass is 32.2. The van der Waals surface area contributed by atoms with Gasteiger partial charge in [0.2, 0.25) is 5.91 Å². The van der Waals surface area contributed by atoms with Crippen molar-refractivity contribution in [1.29, 1.82) is 0 Å². The quantitative estimate of drug-likeness (QED) is 0.486. The van der Waals surface area contributed by atoms with E-state index < -0.39 is 0 Å². The van der Waals surface area contributed by atoms with E-state index in [1.807, 2.05) is 26.2 Å². The Morgan fingerprint density at radius 2 is 1.93 bits per heavy atom. The minimum Gasteiger partial charge on any atom is -0.342 e. The van der Waals surface area contributed by atoms with Crippen molar-refractivity contribution in [3.63, 3.8) is 0 Å². The van der Waals surface area contributed by atoms with Gasteiger partial charge >= 0.3 is 0 Å². The molecule has 7 nitrogen and oxygen atoms in total. The van der Waals surface area contributed by atoms with Crippen molar-refractivity contribution in [2.75, 3.05) is 18.8 Å². The zero-order valence-corrected chi connectivity index (χ0v) is 17.3. The summed E-state index contributed by atoms with van der Waals surface area (Å²) in [7, 11) is 0. The molecule has 1 aliphatic heterocycles. The fourth-order valence-electron chi connectivity index (χ4n) is 3.82. The topological polar surface area (TPSA) is 67.8 Å². The molecule has 0 atom stereocenters. The van der Waals surface area contributed by atoms with E-state index >= 15 is 0 Å². The number of rotatable bonds is 4. The first kappa shape index (κ1) is 18.2. The van der Waals surface area contributed by atoms with Crippen molar-refractivity contribution >= 4 is 28.8 Å². The highest BCUT2D eigenvalue weighted by molar-refractivity contribution is 7.99. The molecule has 0 unspecified atom stereocenters. The molecule has 3 aromatic heterocycles. The summed E-state index contributed by atoms with van der Waals surface area (Å²) in [6.45, 7) is 5.93. The molecule has 4 aromatic rings. The van der Waals surface area contributed by atoms with Crippen LogP contribution in [0.2, 0.25) is 0 Å². The first-order valence-electron chi connectivity index (χ1n) is 9.81. The van der Waals surface area contributed by atoms with Gasteiger partial charge in [-0.2, -0.15) is 5.10 Å². The number of thioether (sulfide) groups is 1. The average molecular weight is 407 g/mol. The molecule has 0 bridgehead atoms. The van der Waals surface area contributed by atoms with Crippen LogP contribution in [-0.4, -0.2) is 53.9 Å². The fraction of sp³-hybridized carbons (Fsp3) is 0.333. The second-order valence-electron chi connectivity index (χ2n) is 7.53. The van der Waals surface area contributed by atoms with E-state index in [-0.39, 0.29) is 5.91 Å². The minimum absolute atomic E-state index is 0.173. The lowest BCUT2D eigenvalue weighted by Crippen LogP contribution is -2.29. The van der Waals surface area contributed by atoms with Gasteiger partial charge in [0.1, 0.15) is 5.52 Å². The molecule has 1 fully saturated rings. The highest BCUT2D eigenvalue weighted by Crippen LogP contribution is 2.27. The Morgan fingerprint density at radius 3 is 2.76 bits per heavy atom. The average Bonchev–Trinajstić information content (AvgIpc) is 3.46. The van der Waals surface area contributed by atoms with E-state index in [1.165, 1.54) is 22.9 Å². The Morgan fingerprint density at radius 1 is 1.10 bits per heavy atom. The third kappa shape index (κ3) is 3.27. The van der Waals surface area contributed by atoms with Crippen molar-refractivity contribution in [3.8, 4) is 11.3 Å². The second-order valence-corrected chi connectivity index (χ2v) is 8.47. The standard InChI is InChI=1S/C21H22N6OS/c1-14-5-6-15(2)16(11-14)17-12-18-20-22-23-21(26(20)9-10-27(18)24-17)29-13-19(28)25-7-3-4-8-25/h5-6,9-12H,3-4,7-8,13H2,1-2H3. The van der Waals surface area contributed by atoms with Crippen molar-refractivity contribution in [2.24, 2.45) is 0 Å². The van der Waals surface area contributed by atoms with Gasteiger partial charge in [0.15, 0.2) is 10.8 Å². The third-order valence-electron chi connectivity index (χ3n) is 5.44. The Hall–Kier alpha value is -2.87. The van der Waals surface area contributed by atoms with Crippen LogP contribution >= 0.6 is 11.8 Å². The van der Waals surface area contributed by atoms with E-state index in [0.29, 0.717) is 5.75 Å². The predicted molar refractivity (Wildman–Crippen MR) is 113 cm³/mol. The van der Waals surface area contributed by atoms with Gasteiger partial charge in [-0.05, 0) is 44.4 Å². The monoisotopic (exact) mass is 406 g/mol. The number of carbonyl (C=O) groups excluding carboxylic acids is 1. The molecule has 0 saturated carbocycles. The van der Waals surface area contributed by atoms with Crippen LogP contribution in [0.25, 0.3) is 22.4 Å². The van der Waals surface area contributed by atoms with Crippen LogP contribution in [0.3, 0.4) is 0 Å². The van der Waals surface area contributed by atoms with Gasteiger partial charge in [-0.15, -0.1) is 10.2 Å². The fourth-order valence-corrected chi connectivity index (χ4v) is 4.64. The molecule has 0 N–H and O–H groups in total. The lowest BCUT2D eigenvalue weighted by atomic mass is 10.0. The summed E-state index contributed by atoms with van der Waals surface area (Å²) < 4.78 is 3.77. The summed E-state index contributed by atoms with van der Waals surface area (Å²) in [5.41, 5.74) is 6.07. The SMILES string of the molecule is Cc1ccc(C)c(-c2cc3c4nnc(SCC(=O)N5CCCC5)n4ccn3n2)c1. The van der Waals surface area contributed by atoms with Crippen molar-refractivity contribution in [1.82, 2.24) is 29.1 Å². The van der Waals surface area contributed by atoms with Crippen LogP contribution in [0.5, 0.6) is 0 Å². The van der Waals surface area contributed by atoms with Crippen LogP contribution in [0.4, 0.5) is 0 Å². The van der Waals surface area contributed by atoms with Crippen molar-refractivity contribution < 1.29 is 4.79 Å². The number of amides is 1. The normalized spacial score (nSPS) is 14.3. The number of hydrogen-bond acceptors (Lipinski definition) is 5. The number of hydrogen-bond donors (Lipinski definition) is 0. The second kappa shape index (κ2) is 7.18. The van der Waals surface area contributed by atoms with Crippen LogP contribution < -0.4 is 0 Å². The minimum atomic E-state index is 0.173.